The monoisotopic (exact) mass is 678 g/mol. The van der Waals surface area contributed by atoms with Gasteiger partial charge in [0.25, 0.3) is 5.56 Å². The van der Waals surface area contributed by atoms with Gasteiger partial charge in [-0.1, -0.05) is 19.8 Å². The van der Waals surface area contributed by atoms with Gasteiger partial charge in [-0.25, -0.2) is 13.4 Å². The maximum absolute atomic E-state index is 13.8. The lowest BCUT2D eigenvalue weighted by atomic mass is 9.93. The lowest BCUT2D eigenvalue weighted by Gasteiger charge is -2.31. The number of aryl methyl sites for hydroxylation is 2. The number of carbonyl (C=O) groups is 1. The summed E-state index contributed by atoms with van der Waals surface area (Å²) in [6, 6.07) is 4.70. The Balaban J connectivity index is 0.00000480. The van der Waals surface area contributed by atoms with Crippen molar-refractivity contribution >= 4 is 39.4 Å². The van der Waals surface area contributed by atoms with Crippen molar-refractivity contribution in [3.8, 4) is 17.1 Å². The summed E-state index contributed by atoms with van der Waals surface area (Å²) in [5.41, 5.74) is 1.64. The predicted molar refractivity (Wildman–Crippen MR) is 179 cm³/mol. The van der Waals surface area contributed by atoms with Crippen LogP contribution in [0.15, 0.2) is 27.9 Å². The molecule has 0 bridgehead atoms. The maximum atomic E-state index is 13.8. The first kappa shape index (κ1) is 35.8. The molecule has 12 nitrogen and oxygen atoms in total. The van der Waals surface area contributed by atoms with E-state index in [1.807, 2.05) is 13.8 Å². The molecule has 2 aliphatic heterocycles. The third-order valence-electron chi connectivity index (χ3n) is 8.84. The van der Waals surface area contributed by atoms with Gasteiger partial charge in [-0.05, 0) is 82.7 Å². The minimum absolute atomic E-state index is 0. The van der Waals surface area contributed by atoms with Crippen molar-refractivity contribution in [2.45, 2.75) is 76.5 Å². The molecule has 254 valence electrons. The number of halogens is 1. The van der Waals surface area contributed by atoms with E-state index in [0.717, 1.165) is 31.7 Å². The molecular formula is C32H47ClN6O6S. The van der Waals surface area contributed by atoms with Gasteiger partial charge in [0.15, 0.2) is 5.52 Å². The molecule has 1 N–H and O–H groups in total. The lowest BCUT2D eigenvalue weighted by Crippen LogP contribution is -2.38. The average molecular weight is 679 g/mol. The van der Waals surface area contributed by atoms with E-state index in [0.29, 0.717) is 80.8 Å². The van der Waals surface area contributed by atoms with E-state index < -0.39 is 10.0 Å². The number of H-pyrrole nitrogens is 1. The molecule has 4 heterocycles. The summed E-state index contributed by atoms with van der Waals surface area (Å²) in [6.45, 7) is 8.35. The fourth-order valence-corrected chi connectivity index (χ4v) is 7.87. The third kappa shape index (κ3) is 8.28. The number of fused-ring (bicyclic) bond motifs is 1. The summed E-state index contributed by atoms with van der Waals surface area (Å²) < 4.78 is 41.9. The molecule has 0 amide bonds. The number of esters is 1. The number of hydrogen-bond donors (Lipinski definition) is 1. The largest absolute Gasteiger partial charge is 0.493 e. The second-order valence-corrected chi connectivity index (χ2v) is 14.0. The van der Waals surface area contributed by atoms with Crippen LogP contribution >= 0.6 is 12.4 Å². The van der Waals surface area contributed by atoms with Gasteiger partial charge in [0, 0.05) is 33.1 Å². The summed E-state index contributed by atoms with van der Waals surface area (Å²) in [5.74, 6) is 0.753. The Labute approximate surface area is 277 Å². The average Bonchev–Trinajstić information content (AvgIpc) is 3.36. The van der Waals surface area contributed by atoms with Crippen LogP contribution in [0.2, 0.25) is 0 Å². The molecule has 0 unspecified atom stereocenters. The minimum atomic E-state index is -3.82. The van der Waals surface area contributed by atoms with E-state index in [9.17, 15) is 18.0 Å². The van der Waals surface area contributed by atoms with Crippen LogP contribution in [0.1, 0.15) is 70.9 Å². The van der Waals surface area contributed by atoms with Crippen LogP contribution in [0.5, 0.6) is 5.75 Å². The Morgan fingerprint density at radius 1 is 1.09 bits per heavy atom. The van der Waals surface area contributed by atoms with Crippen molar-refractivity contribution < 1.29 is 22.7 Å². The molecule has 1 aromatic carbocycles. The zero-order valence-corrected chi connectivity index (χ0v) is 28.8. The Bertz CT molecular complexity index is 1640. The summed E-state index contributed by atoms with van der Waals surface area (Å²) >= 11 is 0. The zero-order chi connectivity index (χ0) is 32.0. The van der Waals surface area contributed by atoms with Crippen molar-refractivity contribution in [2.75, 3.05) is 45.9 Å². The van der Waals surface area contributed by atoms with Crippen molar-refractivity contribution in [3.63, 3.8) is 0 Å². The molecule has 3 aromatic rings. The molecule has 46 heavy (non-hydrogen) atoms. The quantitative estimate of drug-likeness (QED) is 0.262. The van der Waals surface area contributed by atoms with Crippen LogP contribution in [0.3, 0.4) is 0 Å². The van der Waals surface area contributed by atoms with Gasteiger partial charge >= 0.3 is 5.97 Å². The van der Waals surface area contributed by atoms with Crippen LogP contribution in [-0.2, 0) is 33.0 Å². The number of aromatic nitrogens is 4. The molecule has 2 aliphatic rings. The maximum Gasteiger partial charge on any atom is 0.305 e. The first-order valence-electron chi connectivity index (χ1n) is 16.3. The number of aromatic amines is 1. The van der Waals surface area contributed by atoms with Crippen LogP contribution in [0, 0.1) is 5.92 Å². The van der Waals surface area contributed by atoms with Crippen molar-refractivity contribution in [1.29, 1.82) is 0 Å². The normalized spacial score (nSPS) is 16.8. The summed E-state index contributed by atoms with van der Waals surface area (Å²) in [6.07, 6.45) is 7.61. The number of rotatable bonds is 13. The highest BCUT2D eigenvalue weighted by atomic mass is 35.5. The smallest absolute Gasteiger partial charge is 0.305 e. The summed E-state index contributed by atoms with van der Waals surface area (Å²) in [7, 11) is -2.11. The van der Waals surface area contributed by atoms with E-state index in [2.05, 4.69) is 15.0 Å². The number of piperidine rings is 2. The molecule has 2 fully saturated rings. The fraction of sp³-hybridized carbons (Fsp3) is 0.625. The Morgan fingerprint density at radius 2 is 1.83 bits per heavy atom. The van der Waals surface area contributed by atoms with Crippen molar-refractivity contribution in [3.05, 3.63) is 34.2 Å². The molecule has 14 heteroatoms. The van der Waals surface area contributed by atoms with Gasteiger partial charge in [0.2, 0.25) is 10.0 Å². The molecule has 2 saturated heterocycles. The molecule has 0 spiro atoms. The fourth-order valence-electron chi connectivity index (χ4n) is 6.37. The van der Waals surface area contributed by atoms with Gasteiger partial charge in [-0.15, -0.1) is 12.4 Å². The van der Waals surface area contributed by atoms with E-state index in [4.69, 9.17) is 14.5 Å². The van der Waals surface area contributed by atoms with Crippen LogP contribution in [0.25, 0.3) is 22.4 Å². The standard InChI is InChI=1S/C32H46N6O6S.ClH/c1-4-9-26-29-30(36(3)35-26)32(40)34-31(33-29)25-22-24(11-12-27(25)43-5-2)45(41,42)38-18-14-23(15-19-38)10-13-28(39)44-21-20-37-16-7-6-8-17-37;/h11-12,22-23H,4-10,13-21H2,1-3H3,(H,33,34,40);1H. The number of nitrogens with one attached hydrogen (secondary N) is 1. The molecule has 0 saturated carbocycles. The van der Waals surface area contributed by atoms with E-state index in [1.54, 1.807) is 19.2 Å². The third-order valence-corrected chi connectivity index (χ3v) is 10.7. The topological polar surface area (TPSA) is 140 Å². The number of carbonyl (C=O) groups excluding carboxylic acids is 1. The molecule has 5 rings (SSSR count). The second-order valence-electron chi connectivity index (χ2n) is 12.0. The molecule has 0 aliphatic carbocycles. The predicted octanol–water partition coefficient (Wildman–Crippen LogP) is 4.31. The van der Waals surface area contributed by atoms with Crippen LogP contribution in [0.4, 0.5) is 0 Å². The molecule has 2 aromatic heterocycles. The van der Waals surface area contributed by atoms with Gasteiger partial charge in [0.05, 0.1) is 22.8 Å². The number of sulfonamides is 1. The van der Waals surface area contributed by atoms with Crippen molar-refractivity contribution in [2.24, 2.45) is 13.0 Å². The number of nitrogens with zero attached hydrogens (tertiary/aromatic N) is 5. The highest BCUT2D eigenvalue weighted by Gasteiger charge is 2.31. The first-order chi connectivity index (χ1) is 21.7. The zero-order valence-electron chi connectivity index (χ0n) is 27.1. The van der Waals surface area contributed by atoms with Gasteiger partial charge in [0.1, 0.15) is 23.7 Å². The lowest BCUT2D eigenvalue weighted by molar-refractivity contribution is -0.144. The summed E-state index contributed by atoms with van der Waals surface area (Å²) in [5, 5.41) is 4.48. The molecular weight excluding hydrogens is 632 g/mol. The minimum Gasteiger partial charge on any atom is -0.493 e. The van der Waals surface area contributed by atoms with Crippen molar-refractivity contribution in [1.82, 2.24) is 29.0 Å². The van der Waals surface area contributed by atoms with E-state index in [1.165, 1.54) is 34.3 Å². The number of benzene rings is 1. The van der Waals surface area contributed by atoms with Crippen LogP contribution in [-0.4, -0.2) is 89.3 Å². The highest BCUT2D eigenvalue weighted by Crippen LogP contribution is 2.33. The second kappa shape index (κ2) is 16.2. The van der Waals surface area contributed by atoms with Gasteiger partial charge < -0.3 is 14.5 Å². The van der Waals surface area contributed by atoms with Crippen LogP contribution < -0.4 is 10.3 Å². The van der Waals surface area contributed by atoms with E-state index >= 15 is 0 Å². The Hall–Kier alpha value is -3.00. The molecule has 0 atom stereocenters. The molecule has 0 radical (unpaired) electrons. The SMILES string of the molecule is CCCc1nn(C)c2c(=O)[nH]c(-c3cc(S(=O)(=O)N4CCC(CCC(=O)OCCN5CCCCC5)CC4)ccc3OCC)nc12.Cl. The Kier molecular flexibility index (Phi) is 12.6. The first-order valence-corrected chi connectivity index (χ1v) is 17.8. The van der Waals surface area contributed by atoms with Gasteiger partial charge in [-0.3, -0.25) is 19.2 Å². The van der Waals surface area contributed by atoms with Gasteiger partial charge in [-0.2, -0.15) is 9.40 Å². The summed E-state index contributed by atoms with van der Waals surface area (Å²) in [4.78, 5) is 35.4. The number of ether oxygens (including phenoxy) is 2. The highest BCUT2D eigenvalue weighted by molar-refractivity contribution is 7.89. The Morgan fingerprint density at radius 3 is 2.52 bits per heavy atom. The number of likely N-dealkylation sites (tertiary alicyclic amines) is 1. The van der Waals surface area contributed by atoms with E-state index in [-0.39, 0.29) is 40.6 Å². The number of hydrogen-bond acceptors (Lipinski definition) is 9.